The van der Waals surface area contributed by atoms with Crippen LogP contribution in [0.3, 0.4) is 0 Å². The van der Waals surface area contributed by atoms with E-state index in [0.717, 1.165) is 22.0 Å². The van der Waals surface area contributed by atoms with Gasteiger partial charge in [0.05, 0.1) is 17.8 Å². The normalized spacial score (nSPS) is 15.7. The number of ether oxygens (including phenoxy) is 1. The molecule has 1 aliphatic rings. The second-order valence-corrected chi connectivity index (χ2v) is 4.79. The van der Waals surface area contributed by atoms with Crippen molar-refractivity contribution in [3.05, 3.63) is 35.4 Å². The van der Waals surface area contributed by atoms with E-state index in [1.54, 1.807) is 18.5 Å². The lowest BCUT2D eigenvalue weighted by Gasteiger charge is -2.16. The number of urea groups is 1. The molecule has 2 rings (SSSR count). The molecule has 0 atom stereocenters. The third-order valence-electron chi connectivity index (χ3n) is 2.65. The highest BCUT2D eigenvalue weighted by atomic mass is 32.2. The summed E-state index contributed by atoms with van der Waals surface area (Å²) in [6, 6.07) is 5.56. The molecule has 5 heteroatoms. The third-order valence-corrected chi connectivity index (χ3v) is 3.67. The molecule has 2 amide bonds. The second kappa shape index (κ2) is 4.33. The molecule has 1 aromatic rings. The molecule has 0 aromatic heterocycles. The monoisotopic (exact) mass is 250 g/mol. The zero-order valence-electron chi connectivity index (χ0n) is 10.1. The molecule has 1 saturated heterocycles. The predicted octanol–water partition coefficient (Wildman–Crippen LogP) is 2.99. The third kappa shape index (κ3) is 1.98. The molecule has 0 spiro atoms. The summed E-state index contributed by atoms with van der Waals surface area (Å²) in [5.74, 6) is 0.787. The highest BCUT2D eigenvalue weighted by molar-refractivity contribution is 8.05. The van der Waals surface area contributed by atoms with Gasteiger partial charge in [-0.2, -0.15) is 0 Å². The smallest absolute Gasteiger partial charge is 0.339 e. The van der Waals surface area contributed by atoms with E-state index in [9.17, 15) is 4.79 Å². The van der Waals surface area contributed by atoms with E-state index < -0.39 is 0 Å². The highest BCUT2D eigenvalue weighted by Gasteiger charge is 2.32. The van der Waals surface area contributed by atoms with Crippen LogP contribution in [0.15, 0.2) is 29.8 Å². The van der Waals surface area contributed by atoms with Crippen molar-refractivity contribution >= 4 is 23.7 Å². The van der Waals surface area contributed by atoms with Crippen molar-refractivity contribution in [3.8, 4) is 5.75 Å². The summed E-state index contributed by atoms with van der Waals surface area (Å²) in [5.41, 5.74) is 1.86. The Balaban J connectivity index is 2.36. The summed E-state index contributed by atoms with van der Waals surface area (Å²) in [5, 5.41) is 0.727. The average molecular weight is 250 g/mol. The van der Waals surface area contributed by atoms with Gasteiger partial charge in [-0.15, -0.1) is 0 Å². The first-order valence-corrected chi connectivity index (χ1v) is 5.91. The van der Waals surface area contributed by atoms with E-state index >= 15 is 0 Å². The molecule has 4 nitrogen and oxygen atoms in total. The molecule has 0 radical (unpaired) electrons. The quantitative estimate of drug-likeness (QED) is 0.756. The Morgan fingerprint density at radius 1 is 1.41 bits per heavy atom. The Labute approximate surface area is 105 Å². The van der Waals surface area contributed by atoms with Crippen molar-refractivity contribution in [1.29, 1.82) is 0 Å². The van der Waals surface area contributed by atoms with Crippen molar-refractivity contribution in [3.63, 3.8) is 0 Å². The van der Waals surface area contributed by atoms with Crippen molar-refractivity contribution in [2.75, 3.05) is 18.5 Å². The standard InChI is InChI=1S/C12H14N2O2S/c1-8-7-10(16-4)5-6-11(8)14-12(15)13(3)9(2)17-14/h5-7H,2H2,1,3-4H3. The first-order valence-electron chi connectivity index (χ1n) is 5.14. The Bertz CT molecular complexity index is 487. The topological polar surface area (TPSA) is 32.8 Å². The van der Waals surface area contributed by atoms with Crippen LogP contribution in [-0.2, 0) is 0 Å². The molecule has 0 bridgehead atoms. The number of benzene rings is 1. The SMILES string of the molecule is C=C1SN(c2ccc(OC)cc2C)C(=O)N1C. The summed E-state index contributed by atoms with van der Waals surface area (Å²) in [7, 11) is 3.34. The van der Waals surface area contributed by atoms with Crippen molar-refractivity contribution in [1.82, 2.24) is 4.90 Å². The molecular weight excluding hydrogens is 236 g/mol. The van der Waals surface area contributed by atoms with Gasteiger partial charge in [0.1, 0.15) is 5.75 Å². The molecule has 0 saturated carbocycles. The number of carbonyl (C=O) groups is 1. The van der Waals surface area contributed by atoms with E-state index in [0.29, 0.717) is 0 Å². The molecule has 0 N–H and O–H groups in total. The van der Waals surface area contributed by atoms with Crippen LogP contribution in [0.1, 0.15) is 5.56 Å². The van der Waals surface area contributed by atoms with Crippen LogP contribution in [0.2, 0.25) is 0 Å². The zero-order chi connectivity index (χ0) is 12.6. The van der Waals surface area contributed by atoms with Gasteiger partial charge in [0.25, 0.3) is 0 Å². The van der Waals surface area contributed by atoms with E-state index in [1.807, 2.05) is 25.1 Å². The first kappa shape index (κ1) is 11.9. The molecule has 90 valence electrons. The van der Waals surface area contributed by atoms with E-state index in [4.69, 9.17) is 4.74 Å². The lowest BCUT2D eigenvalue weighted by Crippen LogP contribution is -2.27. The Morgan fingerprint density at radius 3 is 2.59 bits per heavy atom. The van der Waals surface area contributed by atoms with Gasteiger partial charge in [-0.3, -0.25) is 4.90 Å². The molecular formula is C12H14N2O2S. The Morgan fingerprint density at radius 2 is 2.12 bits per heavy atom. The molecule has 1 heterocycles. The Kier molecular flexibility index (Phi) is 3.02. The number of methoxy groups -OCH3 is 1. The minimum absolute atomic E-state index is 0.0757. The average Bonchev–Trinajstić information content (AvgIpc) is 2.57. The highest BCUT2D eigenvalue weighted by Crippen LogP contribution is 2.38. The van der Waals surface area contributed by atoms with Gasteiger partial charge < -0.3 is 4.74 Å². The van der Waals surface area contributed by atoms with Crippen molar-refractivity contribution in [2.24, 2.45) is 0 Å². The molecule has 1 fully saturated rings. The predicted molar refractivity (Wildman–Crippen MR) is 70.1 cm³/mol. The van der Waals surface area contributed by atoms with Gasteiger partial charge in [0.15, 0.2) is 0 Å². The van der Waals surface area contributed by atoms with Crippen molar-refractivity contribution < 1.29 is 9.53 Å². The van der Waals surface area contributed by atoms with Crippen LogP contribution in [0.4, 0.5) is 10.5 Å². The summed E-state index contributed by atoms with van der Waals surface area (Å²) in [4.78, 5) is 13.5. The van der Waals surface area contributed by atoms with E-state index in [-0.39, 0.29) is 6.03 Å². The second-order valence-electron chi connectivity index (χ2n) is 3.77. The summed E-state index contributed by atoms with van der Waals surface area (Å²) < 4.78 is 6.78. The minimum atomic E-state index is -0.0757. The van der Waals surface area contributed by atoms with Crippen LogP contribution in [0.25, 0.3) is 0 Å². The number of anilines is 1. The number of carbonyl (C=O) groups excluding carboxylic acids is 1. The van der Waals surface area contributed by atoms with Gasteiger partial charge in [-0.1, -0.05) is 6.58 Å². The van der Waals surface area contributed by atoms with Crippen LogP contribution in [-0.4, -0.2) is 25.1 Å². The van der Waals surface area contributed by atoms with Crippen LogP contribution >= 0.6 is 11.9 Å². The summed E-state index contributed by atoms with van der Waals surface area (Å²) in [6.45, 7) is 5.78. The Hall–Kier alpha value is -1.62. The molecule has 0 aliphatic carbocycles. The molecule has 0 unspecified atom stereocenters. The van der Waals surface area contributed by atoms with E-state index in [2.05, 4.69) is 6.58 Å². The number of hydrogen-bond donors (Lipinski definition) is 0. The summed E-state index contributed by atoms with van der Waals surface area (Å²) in [6.07, 6.45) is 0. The molecule has 1 aliphatic heterocycles. The number of amides is 2. The minimum Gasteiger partial charge on any atom is -0.497 e. The summed E-state index contributed by atoms with van der Waals surface area (Å²) >= 11 is 1.34. The fourth-order valence-electron chi connectivity index (χ4n) is 1.58. The van der Waals surface area contributed by atoms with Crippen LogP contribution < -0.4 is 9.04 Å². The fourth-order valence-corrected chi connectivity index (χ4v) is 2.50. The number of aryl methyl sites for hydroxylation is 1. The largest absolute Gasteiger partial charge is 0.497 e. The van der Waals surface area contributed by atoms with Crippen LogP contribution in [0.5, 0.6) is 5.75 Å². The van der Waals surface area contributed by atoms with Crippen LogP contribution in [0, 0.1) is 6.92 Å². The number of rotatable bonds is 2. The first-order chi connectivity index (χ1) is 8.04. The maximum absolute atomic E-state index is 12.0. The molecule has 1 aromatic carbocycles. The molecule has 17 heavy (non-hydrogen) atoms. The lowest BCUT2D eigenvalue weighted by molar-refractivity contribution is 0.234. The van der Waals surface area contributed by atoms with Gasteiger partial charge in [-0.25, -0.2) is 9.10 Å². The van der Waals surface area contributed by atoms with E-state index in [1.165, 1.54) is 16.8 Å². The number of hydrogen-bond acceptors (Lipinski definition) is 3. The number of nitrogens with zero attached hydrogens (tertiary/aromatic N) is 2. The van der Waals surface area contributed by atoms with Gasteiger partial charge in [-0.05, 0) is 30.7 Å². The van der Waals surface area contributed by atoms with Crippen molar-refractivity contribution in [2.45, 2.75) is 6.92 Å². The fraction of sp³-hybridized carbons (Fsp3) is 0.250. The maximum Gasteiger partial charge on any atom is 0.339 e. The van der Waals surface area contributed by atoms with Gasteiger partial charge >= 0.3 is 6.03 Å². The van der Waals surface area contributed by atoms with Gasteiger partial charge in [0.2, 0.25) is 0 Å². The lowest BCUT2D eigenvalue weighted by atomic mass is 10.2. The van der Waals surface area contributed by atoms with Gasteiger partial charge in [0, 0.05) is 19.0 Å². The maximum atomic E-state index is 12.0. The zero-order valence-corrected chi connectivity index (χ0v) is 10.9.